The third-order valence-corrected chi connectivity index (χ3v) is 5.21. The van der Waals surface area contributed by atoms with E-state index in [1.54, 1.807) is 0 Å². The zero-order chi connectivity index (χ0) is 21.8. The Morgan fingerprint density at radius 3 is 2.60 bits per heavy atom. The van der Waals surface area contributed by atoms with Gasteiger partial charge in [0.25, 0.3) is 11.1 Å². The van der Waals surface area contributed by atoms with Gasteiger partial charge in [-0.2, -0.15) is 0 Å². The third-order valence-electron chi connectivity index (χ3n) is 4.02. The summed E-state index contributed by atoms with van der Waals surface area (Å²) >= 11 is 6.94. The molecule has 0 atom stereocenters. The summed E-state index contributed by atoms with van der Waals surface area (Å²) in [4.78, 5) is 36.9. The predicted molar refractivity (Wildman–Crippen MR) is 109 cm³/mol. The summed E-state index contributed by atoms with van der Waals surface area (Å²) in [5, 5.41) is 8.40. The number of rotatable bonds is 7. The van der Waals surface area contributed by atoms with E-state index in [1.807, 2.05) is 0 Å². The lowest BCUT2D eigenvalue weighted by Crippen LogP contribution is -2.27. The molecule has 10 heteroatoms. The lowest BCUT2D eigenvalue weighted by atomic mass is 10.1. The number of benzene rings is 2. The number of nitrogens with zero attached hydrogens (tertiary/aromatic N) is 1. The number of aliphatic carboxylic acids is 1. The van der Waals surface area contributed by atoms with Crippen LogP contribution in [0.2, 0.25) is 5.02 Å². The van der Waals surface area contributed by atoms with Crippen LogP contribution in [0.5, 0.6) is 11.5 Å². The number of carboxylic acids is 1. The Hall–Kier alpha value is -3.04. The number of carboxylic acid groups (broad SMARTS) is 1. The maximum atomic E-state index is 13.0. The van der Waals surface area contributed by atoms with Crippen molar-refractivity contribution >= 4 is 46.6 Å². The molecule has 0 unspecified atom stereocenters. The van der Waals surface area contributed by atoms with Gasteiger partial charge in [0.05, 0.1) is 23.6 Å². The van der Waals surface area contributed by atoms with E-state index < -0.39 is 29.5 Å². The Morgan fingerprint density at radius 1 is 1.27 bits per heavy atom. The van der Waals surface area contributed by atoms with Gasteiger partial charge >= 0.3 is 5.97 Å². The van der Waals surface area contributed by atoms with E-state index in [4.69, 9.17) is 26.2 Å². The largest absolute Gasteiger partial charge is 0.493 e. The number of carbonyl (C=O) groups is 3. The van der Waals surface area contributed by atoms with Crippen molar-refractivity contribution in [1.82, 2.24) is 4.90 Å². The lowest BCUT2D eigenvalue weighted by molar-refractivity contribution is -0.139. The molecule has 2 amide bonds. The number of thioether (sulfide) groups is 1. The molecule has 0 saturated carbocycles. The summed E-state index contributed by atoms with van der Waals surface area (Å²) in [6.45, 7) is -0.577. The van der Waals surface area contributed by atoms with E-state index >= 15 is 0 Å². The van der Waals surface area contributed by atoms with Crippen LogP contribution in [0.3, 0.4) is 0 Å². The highest BCUT2D eigenvalue weighted by atomic mass is 35.5. The first kappa shape index (κ1) is 21.7. The molecular weight excluding hydrogens is 437 g/mol. The standard InChI is InChI=1S/C20H15ClFNO6S/c1-28-15-7-12(6-14(21)18(15)29-10-17(24)25)8-16-19(26)23(20(27)30-16)9-11-2-4-13(22)5-3-11/h2-8H,9-10H2,1H3,(H,24,25)/b16-8-. The van der Waals surface area contributed by atoms with Crippen LogP contribution in [-0.4, -0.2) is 40.8 Å². The molecule has 1 N–H and O–H groups in total. The summed E-state index contributed by atoms with van der Waals surface area (Å²) in [5.74, 6) is -1.83. The van der Waals surface area contributed by atoms with E-state index in [9.17, 15) is 18.8 Å². The molecule has 2 aromatic carbocycles. The summed E-state index contributed by atoms with van der Waals surface area (Å²) in [7, 11) is 1.36. The van der Waals surface area contributed by atoms with E-state index in [1.165, 1.54) is 49.6 Å². The first-order valence-corrected chi connectivity index (χ1v) is 9.70. The van der Waals surface area contributed by atoms with Gasteiger partial charge in [-0.1, -0.05) is 23.7 Å². The van der Waals surface area contributed by atoms with Gasteiger partial charge in [-0.05, 0) is 53.2 Å². The van der Waals surface area contributed by atoms with Crippen molar-refractivity contribution in [3.8, 4) is 11.5 Å². The Labute approximate surface area is 180 Å². The highest BCUT2D eigenvalue weighted by molar-refractivity contribution is 8.18. The maximum absolute atomic E-state index is 13.0. The number of hydrogen-bond donors (Lipinski definition) is 1. The van der Waals surface area contributed by atoms with Crippen LogP contribution in [-0.2, 0) is 16.1 Å². The molecule has 1 fully saturated rings. The fraction of sp³-hybridized carbons (Fsp3) is 0.150. The second-order valence-electron chi connectivity index (χ2n) is 6.11. The summed E-state index contributed by atoms with van der Waals surface area (Å²) in [6, 6.07) is 8.50. The highest BCUT2D eigenvalue weighted by Gasteiger charge is 2.35. The minimum atomic E-state index is -1.17. The molecule has 1 aliphatic heterocycles. The first-order chi connectivity index (χ1) is 14.3. The number of imide groups is 1. The Kier molecular flexibility index (Phi) is 6.63. The van der Waals surface area contributed by atoms with Crippen LogP contribution >= 0.6 is 23.4 Å². The molecule has 1 saturated heterocycles. The molecule has 156 valence electrons. The van der Waals surface area contributed by atoms with Crippen molar-refractivity contribution < 1.29 is 33.4 Å². The normalized spacial score (nSPS) is 15.0. The maximum Gasteiger partial charge on any atom is 0.341 e. The second kappa shape index (κ2) is 9.19. The molecule has 0 aliphatic carbocycles. The Morgan fingerprint density at radius 2 is 1.97 bits per heavy atom. The van der Waals surface area contributed by atoms with E-state index in [2.05, 4.69) is 0 Å². The van der Waals surface area contributed by atoms with Gasteiger partial charge in [0.1, 0.15) is 5.82 Å². The predicted octanol–water partition coefficient (Wildman–Crippen LogP) is 4.19. The molecule has 7 nitrogen and oxygen atoms in total. The van der Waals surface area contributed by atoms with Crippen LogP contribution in [0.25, 0.3) is 6.08 Å². The first-order valence-electron chi connectivity index (χ1n) is 8.50. The molecule has 0 spiro atoms. The molecule has 0 aromatic heterocycles. The average molecular weight is 452 g/mol. The monoisotopic (exact) mass is 451 g/mol. The highest BCUT2D eigenvalue weighted by Crippen LogP contribution is 2.39. The summed E-state index contributed by atoms with van der Waals surface area (Å²) in [6.07, 6.45) is 1.48. The van der Waals surface area contributed by atoms with E-state index in [0.717, 1.165) is 16.7 Å². The number of halogens is 2. The fourth-order valence-corrected chi connectivity index (χ4v) is 3.77. The van der Waals surface area contributed by atoms with Crippen molar-refractivity contribution in [1.29, 1.82) is 0 Å². The lowest BCUT2D eigenvalue weighted by Gasteiger charge is -2.13. The SMILES string of the molecule is COc1cc(/C=C2\SC(=O)N(Cc3ccc(F)cc3)C2=O)cc(Cl)c1OCC(=O)O. The fourth-order valence-electron chi connectivity index (χ4n) is 2.66. The van der Waals surface area contributed by atoms with Gasteiger partial charge in [-0.15, -0.1) is 0 Å². The second-order valence-corrected chi connectivity index (χ2v) is 7.51. The van der Waals surface area contributed by atoms with Gasteiger partial charge in [-0.25, -0.2) is 9.18 Å². The minimum Gasteiger partial charge on any atom is -0.493 e. The van der Waals surface area contributed by atoms with Crippen molar-refractivity contribution in [3.63, 3.8) is 0 Å². The van der Waals surface area contributed by atoms with Gasteiger partial charge < -0.3 is 14.6 Å². The van der Waals surface area contributed by atoms with Crippen LogP contribution in [0.4, 0.5) is 9.18 Å². The Balaban J connectivity index is 1.83. The van der Waals surface area contributed by atoms with Crippen molar-refractivity contribution in [3.05, 3.63) is 63.3 Å². The molecule has 3 rings (SSSR count). The quantitative estimate of drug-likeness (QED) is 0.631. The number of hydrogen-bond acceptors (Lipinski definition) is 6. The van der Waals surface area contributed by atoms with Gasteiger partial charge in [0, 0.05) is 0 Å². The number of methoxy groups -OCH3 is 1. The summed E-state index contributed by atoms with van der Waals surface area (Å²) in [5.41, 5.74) is 1.08. The van der Waals surface area contributed by atoms with Crippen LogP contribution < -0.4 is 9.47 Å². The summed E-state index contributed by atoms with van der Waals surface area (Å²) < 4.78 is 23.4. The van der Waals surface area contributed by atoms with E-state index in [0.29, 0.717) is 11.1 Å². The molecule has 2 aromatic rings. The van der Waals surface area contributed by atoms with Crippen LogP contribution in [0.1, 0.15) is 11.1 Å². The van der Waals surface area contributed by atoms with Crippen molar-refractivity contribution in [2.24, 2.45) is 0 Å². The van der Waals surface area contributed by atoms with Gasteiger partial charge in [0.15, 0.2) is 18.1 Å². The third kappa shape index (κ3) is 4.92. The number of amides is 2. The smallest absolute Gasteiger partial charge is 0.341 e. The van der Waals surface area contributed by atoms with E-state index in [-0.39, 0.29) is 28.0 Å². The Bertz CT molecular complexity index is 1040. The number of ether oxygens (including phenoxy) is 2. The minimum absolute atomic E-state index is 0.0222. The molecular formula is C20H15ClFNO6S. The molecule has 0 bridgehead atoms. The average Bonchev–Trinajstić information content (AvgIpc) is 2.95. The van der Waals surface area contributed by atoms with Crippen LogP contribution in [0, 0.1) is 5.82 Å². The topological polar surface area (TPSA) is 93.1 Å². The molecule has 0 radical (unpaired) electrons. The molecule has 1 heterocycles. The van der Waals surface area contributed by atoms with Gasteiger partial charge in [0.2, 0.25) is 0 Å². The number of carbonyl (C=O) groups excluding carboxylic acids is 2. The van der Waals surface area contributed by atoms with Crippen molar-refractivity contribution in [2.75, 3.05) is 13.7 Å². The zero-order valence-corrected chi connectivity index (χ0v) is 17.1. The molecule has 30 heavy (non-hydrogen) atoms. The van der Waals surface area contributed by atoms with Crippen LogP contribution in [0.15, 0.2) is 41.3 Å². The van der Waals surface area contributed by atoms with Crippen molar-refractivity contribution in [2.45, 2.75) is 6.54 Å². The molecule has 1 aliphatic rings. The zero-order valence-electron chi connectivity index (χ0n) is 15.6. The van der Waals surface area contributed by atoms with Gasteiger partial charge in [-0.3, -0.25) is 14.5 Å².